The van der Waals surface area contributed by atoms with E-state index in [1.54, 1.807) is 19.1 Å². The molecule has 32 heavy (non-hydrogen) atoms. The molecular formula is C25H28FNO5. The molecule has 1 N–H and O–H groups in total. The molecule has 0 radical (unpaired) electrons. The van der Waals surface area contributed by atoms with Crippen molar-refractivity contribution in [3.05, 3.63) is 58.2 Å². The van der Waals surface area contributed by atoms with Gasteiger partial charge in [0, 0.05) is 22.9 Å². The molecule has 3 aliphatic rings. The van der Waals surface area contributed by atoms with Gasteiger partial charge in [-0.3, -0.25) is 9.59 Å². The van der Waals surface area contributed by atoms with Crippen LogP contribution in [0.15, 0.2) is 46.8 Å². The zero-order valence-corrected chi connectivity index (χ0v) is 18.6. The van der Waals surface area contributed by atoms with E-state index in [4.69, 9.17) is 9.47 Å². The summed E-state index contributed by atoms with van der Waals surface area (Å²) in [5.74, 6) is -3.80. The summed E-state index contributed by atoms with van der Waals surface area (Å²) in [6.45, 7) is 3.62. The van der Waals surface area contributed by atoms with Gasteiger partial charge in [-0.15, -0.1) is 0 Å². The first-order valence-corrected chi connectivity index (χ1v) is 11.1. The van der Waals surface area contributed by atoms with E-state index in [2.05, 4.69) is 5.32 Å². The minimum atomic E-state index is -0.950. The van der Waals surface area contributed by atoms with Gasteiger partial charge in [0.1, 0.15) is 17.8 Å². The number of rotatable bonds is 4. The molecule has 1 aromatic rings. The van der Waals surface area contributed by atoms with Crippen LogP contribution in [0, 0.1) is 17.7 Å². The molecule has 170 valence electrons. The number of esters is 2. The zero-order valence-electron chi connectivity index (χ0n) is 18.6. The summed E-state index contributed by atoms with van der Waals surface area (Å²) in [6, 6.07) is 5.76. The van der Waals surface area contributed by atoms with Crippen molar-refractivity contribution in [3.8, 4) is 0 Å². The number of Topliss-reactive ketones (excluding diaryl/α,β-unsaturated/α-hetero) is 1. The molecule has 1 heterocycles. The summed E-state index contributed by atoms with van der Waals surface area (Å²) >= 11 is 0. The second kappa shape index (κ2) is 8.88. The lowest BCUT2D eigenvalue weighted by Crippen LogP contribution is -2.43. The van der Waals surface area contributed by atoms with Gasteiger partial charge in [-0.1, -0.05) is 19.1 Å². The van der Waals surface area contributed by atoms with Crippen molar-refractivity contribution < 1.29 is 28.2 Å². The van der Waals surface area contributed by atoms with Crippen molar-refractivity contribution in [3.63, 3.8) is 0 Å². The van der Waals surface area contributed by atoms with Gasteiger partial charge in [0.2, 0.25) is 0 Å². The maximum absolute atomic E-state index is 13.7. The van der Waals surface area contributed by atoms with Crippen molar-refractivity contribution in [2.24, 2.45) is 11.8 Å². The van der Waals surface area contributed by atoms with Gasteiger partial charge in [-0.05, 0) is 62.6 Å². The highest BCUT2D eigenvalue weighted by molar-refractivity contribution is 6.12. The second-order valence-electron chi connectivity index (χ2n) is 8.90. The number of methoxy groups -OCH3 is 1. The van der Waals surface area contributed by atoms with Crippen LogP contribution >= 0.6 is 0 Å². The number of carbonyl (C=O) groups excluding carboxylic acids is 3. The van der Waals surface area contributed by atoms with Gasteiger partial charge in [-0.25, -0.2) is 9.18 Å². The van der Waals surface area contributed by atoms with E-state index in [9.17, 15) is 18.8 Å². The van der Waals surface area contributed by atoms with Gasteiger partial charge in [0.15, 0.2) is 5.78 Å². The number of dihydropyridines is 1. The average Bonchev–Trinajstić information content (AvgIpc) is 3.26. The number of ether oxygens (including phenoxy) is 2. The van der Waals surface area contributed by atoms with Crippen LogP contribution in [-0.4, -0.2) is 30.9 Å². The van der Waals surface area contributed by atoms with E-state index in [1.807, 2.05) is 6.92 Å². The highest BCUT2D eigenvalue weighted by atomic mass is 19.1. The summed E-state index contributed by atoms with van der Waals surface area (Å²) < 4.78 is 24.4. The van der Waals surface area contributed by atoms with Crippen LogP contribution < -0.4 is 5.32 Å². The highest BCUT2D eigenvalue weighted by Crippen LogP contribution is 2.45. The molecule has 6 nitrogen and oxygen atoms in total. The third-order valence-corrected chi connectivity index (χ3v) is 6.74. The smallest absolute Gasteiger partial charge is 0.337 e. The lowest BCUT2D eigenvalue weighted by Gasteiger charge is -2.38. The lowest BCUT2D eigenvalue weighted by molar-refractivity contribution is -0.151. The summed E-state index contributed by atoms with van der Waals surface area (Å²) in [7, 11) is 1.26. The van der Waals surface area contributed by atoms with Crippen molar-refractivity contribution in [1.82, 2.24) is 5.32 Å². The predicted molar refractivity (Wildman–Crippen MR) is 115 cm³/mol. The number of allylic oxidation sites excluding steroid dienone is 3. The molecule has 0 spiro atoms. The quantitative estimate of drug-likeness (QED) is 0.563. The van der Waals surface area contributed by atoms with Crippen LogP contribution in [-0.2, 0) is 23.9 Å². The molecular weight excluding hydrogens is 413 g/mol. The summed E-state index contributed by atoms with van der Waals surface area (Å²) in [5.41, 5.74) is 2.58. The number of nitrogens with one attached hydrogen (secondary N) is 1. The molecule has 3 atom stereocenters. The molecule has 7 heteroatoms. The average molecular weight is 441 g/mol. The monoisotopic (exact) mass is 441 g/mol. The number of benzene rings is 1. The lowest BCUT2D eigenvalue weighted by atomic mass is 9.69. The van der Waals surface area contributed by atoms with Crippen molar-refractivity contribution in [1.29, 1.82) is 0 Å². The first kappa shape index (κ1) is 22.2. The molecule has 1 aliphatic heterocycles. The van der Waals surface area contributed by atoms with Gasteiger partial charge >= 0.3 is 11.9 Å². The van der Waals surface area contributed by atoms with Crippen LogP contribution in [0.4, 0.5) is 4.39 Å². The number of hydrogen-bond acceptors (Lipinski definition) is 6. The minimum Gasteiger partial charge on any atom is -0.468 e. The van der Waals surface area contributed by atoms with Gasteiger partial charge < -0.3 is 14.8 Å². The molecule has 1 saturated carbocycles. The number of carbonyl (C=O) groups is 3. The Labute approximate surface area is 186 Å². The first-order valence-electron chi connectivity index (χ1n) is 11.1. The van der Waals surface area contributed by atoms with Crippen molar-refractivity contribution in [2.75, 3.05) is 7.11 Å². The van der Waals surface area contributed by atoms with Gasteiger partial charge in [-0.2, -0.15) is 0 Å². The molecule has 1 aromatic carbocycles. The van der Waals surface area contributed by atoms with E-state index in [0.29, 0.717) is 34.5 Å². The van der Waals surface area contributed by atoms with Crippen LogP contribution in [0.3, 0.4) is 0 Å². The minimum absolute atomic E-state index is 0.142. The normalized spacial score (nSPS) is 26.0. The fourth-order valence-electron chi connectivity index (χ4n) is 5.16. The number of halogens is 1. The van der Waals surface area contributed by atoms with Crippen LogP contribution in [0.1, 0.15) is 57.4 Å². The molecule has 0 amide bonds. The second-order valence-corrected chi connectivity index (χ2v) is 8.90. The Morgan fingerprint density at radius 3 is 2.41 bits per heavy atom. The Morgan fingerprint density at radius 1 is 1.12 bits per heavy atom. The topological polar surface area (TPSA) is 81.7 Å². The molecule has 3 unspecified atom stereocenters. The van der Waals surface area contributed by atoms with Gasteiger partial charge in [0.25, 0.3) is 0 Å². The Hall–Kier alpha value is -2.96. The largest absolute Gasteiger partial charge is 0.468 e. The molecule has 1 fully saturated rings. The molecule has 2 aliphatic carbocycles. The van der Waals surface area contributed by atoms with Crippen LogP contribution in [0.5, 0.6) is 0 Å². The Morgan fingerprint density at radius 2 is 1.78 bits per heavy atom. The SMILES string of the molecule is COC(=O)C1C(=O)C2=C(CC1C)NC(C)=C(C(=O)OC1CCCC1)C2c1ccc(F)cc1. The maximum atomic E-state index is 13.7. The Bertz CT molecular complexity index is 1000. The van der Waals surface area contributed by atoms with Gasteiger partial charge in [0.05, 0.1) is 12.7 Å². The van der Waals surface area contributed by atoms with E-state index in [0.717, 1.165) is 25.7 Å². The molecule has 0 saturated heterocycles. The fraction of sp³-hybridized carbons (Fsp3) is 0.480. The molecule has 0 aromatic heterocycles. The van der Waals surface area contributed by atoms with Crippen molar-refractivity contribution in [2.45, 2.75) is 58.0 Å². The fourth-order valence-corrected chi connectivity index (χ4v) is 5.16. The standard InChI is InChI=1S/C25H28FNO5/c1-13-12-18-22(23(28)19(13)24(29)31-3)21(15-8-10-16(26)11-9-15)20(14(2)27-18)25(30)32-17-6-4-5-7-17/h8-11,13,17,19,21,27H,4-7,12H2,1-3H3. The molecule has 0 bridgehead atoms. The third-order valence-electron chi connectivity index (χ3n) is 6.74. The van der Waals surface area contributed by atoms with Crippen LogP contribution in [0.2, 0.25) is 0 Å². The first-order chi connectivity index (χ1) is 15.3. The molecule has 4 rings (SSSR count). The van der Waals surface area contributed by atoms with E-state index < -0.39 is 29.6 Å². The summed E-state index contributed by atoms with van der Waals surface area (Å²) in [5, 5.41) is 3.24. The highest BCUT2D eigenvalue weighted by Gasteiger charge is 2.47. The summed E-state index contributed by atoms with van der Waals surface area (Å²) in [6.07, 6.45) is 3.99. The Kier molecular flexibility index (Phi) is 6.17. The van der Waals surface area contributed by atoms with E-state index in [1.165, 1.54) is 19.2 Å². The Balaban J connectivity index is 1.79. The maximum Gasteiger partial charge on any atom is 0.337 e. The zero-order chi connectivity index (χ0) is 23.0. The number of hydrogen-bond donors (Lipinski definition) is 1. The van der Waals surface area contributed by atoms with E-state index >= 15 is 0 Å². The number of ketones is 1. The van der Waals surface area contributed by atoms with Crippen LogP contribution in [0.25, 0.3) is 0 Å². The summed E-state index contributed by atoms with van der Waals surface area (Å²) in [4.78, 5) is 39.3. The van der Waals surface area contributed by atoms with Crippen molar-refractivity contribution >= 4 is 17.7 Å². The third kappa shape index (κ3) is 3.96. The van der Waals surface area contributed by atoms with E-state index in [-0.39, 0.29) is 17.8 Å². The predicted octanol–water partition coefficient (Wildman–Crippen LogP) is 3.92.